The molecule has 1 fully saturated rings. The summed E-state index contributed by atoms with van der Waals surface area (Å²) < 4.78 is 4.97. The Balaban J connectivity index is 0.000000316. The van der Waals surface area contributed by atoms with E-state index in [2.05, 4.69) is 32.9 Å². The molecule has 6 heteroatoms. The second-order valence-electron chi connectivity index (χ2n) is 8.55. The van der Waals surface area contributed by atoms with Gasteiger partial charge in [-0.2, -0.15) is 0 Å². The van der Waals surface area contributed by atoms with Crippen LogP contribution in [0.25, 0.3) is 0 Å². The molecule has 3 aromatic carbocycles. The van der Waals surface area contributed by atoms with E-state index in [1.165, 1.54) is 23.1 Å². The summed E-state index contributed by atoms with van der Waals surface area (Å²) in [5.74, 6) is -0.754. The summed E-state index contributed by atoms with van der Waals surface area (Å²) in [6.45, 7) is 8.35. The van der Waals surface area contributed by atoms with Crippen LogP contribution in [0.2, 0.25) is 0 Å². The van der Waals surface area contributed by atoms with Gasteiger partial charge in [0, 0.05) is 12.8 Å². The lowest BCUT2D eigenvalue weighted by Crippen LogP contribution is -2.32. The number of carbonyl (C=O) groups excluding carboxylic acids is 3. The number of rotatable bonds is 5. The van der Waals surface area contributed by atoms with Gasteiger partial charge in [0.1, 0.15) is 5.75 Å². The summed E-state index contributed by atoms with van der Waals surface area (Å²) in [5.41, 5.74) is 5.02. The van der Waals surface area contributed by atoms with Gasteiger partial charge >= 0.3 is 5.97 Å². The number of hydrogen-bond acceptors (Lipinski definition) is 5. The minimum Gasteiger partial charge on any atom is -0.497 e. The van der Waals surface area contributed by atoms with Crippen LogP contribution in [-0.4, -0.2) is 30.0 Å². The van der Waals surface area contributed by atoms with Crippen LogP contribution in [0, 0.1) is 13.8 Å². The largest absolute Gasteiger partial charge is 0.497 e. The third kappa shape index (κ3) is 9.02. The number of carbonyl (C=O) groups is 3. The molecule has 0 bridgehead atoms. The Labute approximate surface area is 213 Å². The van der Waals surface area contributed by atoms with Crippen LogP contribution in [0.1, 0.15) is 65.7 Å². The summed E-state index contributed by atoms with van der Waals surface area (Å²) in [4.78, 5) is 39.9. The Morgan fingerprint density at radius 1 is 0.806 bits per heavy atom. The Hall–Kier alpha value is -3.93. The fourth-order valence-corrected chi connectivity index (χ4v) is 3.28. The first-order valence-electron chi connectivity index (χ1n) is 12.1. The second kappa shape index (κ2) is 14.5. The molecule has 36 heavy (non-hydrogen) atoms. The minimum absolute atomic E-state index is 0.0849. The van der Waals surface area contributed by atoms with Gasteiger partial charge in [-0.15, -0.1) is 5.06 Å². The number of methoxy groups -OCH3 is 1. The van der Waals surface area contributed by atoms with Crippen LogP contribution in [-0.2, 0) is 20.8 Å². The Morgan fingerprint density at radius 3 is 1.92 bits per heavy atom. The quantitative estimate of drug-likeness (QED) is 0.398. The lowest BCUT2D eigenvalue weighted by Gasteiger charge is -2.12. The average molecular weight is 490 g/mol. The molecule has 0 aromatic heterocycles. The van der Waals surface area contributed by atoms with Gasteiger partial charge in [-0.05, 0) is 55.7 Å². The van der Waals surface area contributed by atoms with E-state index in [4.69, 9.17) is 9.57 Å². The summed E-state index contributed by atoms with van der Waals surface area (Å²) in [6, 6.07) is 23.1. The maximum absolute atomic E-state index is 12.0. The van der Waals surface area contributed by atoms with E-state index in [1.54, 1.807) is 19.2 Å². The van der Waals surface area contributed by atoms with Crippen molar-refractivity contribution < 1.29 is 24.0 Å². The molecular weight excluding hydrogens is 454 g/mol. The van der Waals surface area contributed by atoms with E-state index in [0.717, 1.165) is 17.7 Å². The van der Waals surface area contributed by atoms with Crippen LogP contribution in [0.5, 0.6) is 5.75 Å². The first kappa shape index (κ1) is 28.3. The summed E-state index contributed by atoms with van der Waals surface area (Å²) in [7, 11) is 1.67. The highest BCUT2D eigenvalue weighted by Gasteiger charge is 2.33. The molecule has 1 aliphatic heterocycles. The minimum atomic E-state index is -0.708. The molecule has 1 aliphatic rings. The number of hydrogen-bond donors (Lipinski definition) is 0. The highest BCUT2D eigenvalue weighted by atomic mass is 16.7. The third-order valence-electron chi connectivity index (χ3n) is 5.12. The van der Waals surface area contributed by atoms with Crippen LogP contribution in [0.3, 0.4) is 0 Å². The van der Waals surface area contributed by atoms with Crippen molar-refractivity contribution in [2.75, 3.05) is 7.11 Å². The van der Waals surface area contributed by atoms with Crippen molar-refractivity contribution in [2.45, 2.75) is 53.4 Å². The van der Waals surface area contributed by atoms with Gasteiger partial charge in [0.05, 0.1) is 12.7 Å². The molecule has 0 radical (unpaired) electrons. The van der Waals surface area contributed by atoms with E-state index in [-0.39, 0.29) is 12.8 Å². The maximum Gasteiger partial charge on any atom is 0.363 e. The van der Waals surface area contributed by atoms with E-state index in [9.17, 15) is 14.4 Å². The van der Waals surface area contributed by atoms with Crippen molar-refractivity contribution in [3.63, 3.8) is 0 Å². The SMILES string of the molecule is CCC.COc1ccc(C)cc1.Cc1cccc(Cc2ccc(C(=O)ON3C(=O)CCC3=O)cc2)c1. The summed E-state index contributed by atoms with van der Waals surface area (Å²) in [5, 5.41) is 0.559. The number of nitrogens with zero attached hydrogens (tertiary/aromatic N) is 1. The second-order valence-corrected chi connectivity index (χ2v) is 8.55. The molecule has 0 spiro atoms. The highest BCUT2D eigenvalue weighted by Crippen LogP contribution is 2.16. The monoisotopic (exact) mass is 489 g/mol. The van der Waals surface area contributed by atoms with Gasteiger partial charge in [0.25, 0.3) is 11.8 Å². The third-order valence-corrected chi connectivity index (χ3v) is 5.12. The molecule has 0 N–H and O–H groups in total. The zero-order valence-electron chi connectivity index (χ0n) is 21.7. The molecule has 4 rings (SSSR count). The predicted molar refractivity (Wildman–Crippen MR) is 141 cm³/mol. The number of hydroxylamine groups is 2. The molecule has 6 nitrogen and oxygen atoms in total. The maximum atomic E-state index is 12.0. The van der Waals surface area contributed by atoms with Gasteiger partial charge < -0.3 is 9.57 Å². The van der Waals surface area contributed by atoms with E-state index in [0.29, 0.717) is 10.6 Å². The first-order chi connectivity index (χ1) is 17.3. The number of ether oxygens (including phenoxy) is 1. The topological polar surface area (TPSA) is 72.9 Å². The molecule has 0 atom stereocenters. The standard InChI is InChI=1S/C19H17NO4.C8H10O.C3H8/c1-13-3-2-4-15(11-13)12-14-5-7-16(8-6-14)19(23)24-20-17(21)9-10-18(20)22;1-7-3-5-8(9-2)6-4-7;1-3-2/h2-8,11H,9-10,12H2,1H3;3-6H,1-2H3;3H2,1-2H3. The normalized spacial score (nSPS) is 12.2. The van der Waals surface area contributed by atoms with E-state index >= 15 is 0 Å². The molecule has 1 heterocycles. The Morgan fingerprint density at radius 2 is 1.39 bits per heavy atom. The zero-order chi connectivity index (χ0) is 26.5. The molecule has 0 aliphatic carbocycles. The predicted octanol–water partition coefficient (Wildman–Crippen LogP) is 6.23. The first-order valence-corrected chi connectivity index (χ1v) is 12.1. The molecule has 3 aromatic rings. The van der Waals surface area contributed by atoms with Gasteiger partial charge in [-0.1, -0.05) is 79.9 Å². The van der Waals surface area contributed by atoms with Crippen molar-refractivity contribution in [1.29, 1.82) is 0 Å². The zero-order valence-corrected chi connectivity index (χ0v) is 21.7. The van der Waals surface area contributed by atoms with Gasteiger partial charge in [0.2, 0.25) is 0 Å². The molecular formula is C30H35NO5. The smallest absolute Gasteiger partial charge is 0.363 e. The molecule has 1 saturated heterocycles. The average Bonchev–Trinajstić information content (AvgIpc) is 3.18. The summed E-state index contributed by atoms with van der Waals surface area (Å²) >= 11 is 0. The van der Waals surface area contributed by atoms with Gasteiger partial charge in [0.15, 0.2) is 0 Å². The highest BCUT2D eigenvalue weighted by molar-refractivity contribution is 6.02. The molecule has 0 saturated carbocycles. The fourth-order valence-electron chi connectivity index (χ4n) is 3.28. The van der Waals surface area contributed by atoms with Crippen molar-refractivity contribution >= 4 is 17.8 Å². The number of benzene rings is 3. The van der Waals surface area contributed by atoms with E-state index < -0.39 is 17.8 Å². The fraction of sp³-hybridized carbons (Fsp3) is 0.300. The van der Waals surface area contributed by atoms with Crippen molar-refractivity contribution in [3.8, 4) is 5.75 Å². The van der Waals surface area contributed by atoms with Gasteiger partial charge in [-0.25, -0.2) is 4.79 Å². The Bertz CT molecular complexity index is 1120. The molecule has 2 amide bonds. The van der Waals surface area contributed by atoms with Crippen molar-refractivity contribution in [2.24, 2.45) is 0 Å². The Kier molecular flexibility index (Phi) is 11.4. The van der Waals surface area contributed by atoms with Crippen molar-refractivity contribution in [1.82, 2.24) is 5.06 Å². The number of imide groups is 1. The van der Waals surface area contributed by atoms with Crippen molar-refractivity contribution in [3.05, 3.63) is 101 Å². The number of amides is 2. The van der Waals surface area contributed by atoms with Crippen LogP contribution < -0.4 is 4.74 Å². The number of aryl methyl sites for hydroxylation is 2. The van der Waals surface area contributed by atoms with Crippen LogP contribution in [0.15, 0.2) is 72.8 Å². The molecule has 190 valence electrons. The van der Waals surface area contributed by atoms with Gasteiger partial charge in [-0.3, -0.25) is 9.59 Å². The molecule has 0 unspecified atom stereocenters. The lowest BCUT2D eigenvalue weighted by atomic mass is 10.0. The lowest BCUT2D eigenvalue weighted by molar-refractivity contribution is -0.172. The van der Waals surface area contributed by atoms with Crippen LogP contribution >= 0.6 is 0 Å². The van der Waals surface area contributed by atoms with Crippen LogP contribution in [0.4, 0.5) is 0 Å². The van der Waals surface area contributed by atoms with E-state index in [1.807, 2.05) is 55.5 Å². The summed E-state index contributed by atoms with van der Waals surface area (Å²) in [6.07, 6.45) is 2.18.